The lowest BCUT2D eigenvalue weighted by Crippen LogP contribution is -1.99. The van der Waals surface area contributed by atoms with Gasteiger partial charge in [-0.15, -0.1) is 0 Å². The van der Waals surface area contributed by atoms with Crippen LogP contribution in [0.5, 0.6) is 0 Å². The van der Waals surface area contributed by atoms with Gasteiger partial charge in [0.2, 0.25) is 0 Å². The summed E-state index contributed by atoms with van der Waals surface area (Å²) in [6.07, 6.45) is 2.49. The molecule has 1 fully saturated rings. The van der Waals surface area contributed by atoms with Crippen molar-refractivity contribution in [2.45, 2.75) is 18.8 Å². The Morgan fingerprint density at radius 1 is 1.38 bits per heavy atom. The van der Waals surface area contributed by atoms with E-state index in [-0.39, 0.29) is 0 Å². The Kier molecular flexibility index (Phi) is 2.70. The maximum atomic E-state index is 5.54. The van der Waals surface area contributed by atoms with Crippen LogP contribution in [0.1, 0.15) is 24.3 Å². The van der Waals surface area contributed by atoms with Crippen molar-refractivity contribution in [3.63, 3.8) is 0 Å². The Bertz CT molecular complexity index is 298. The van der Waals surface area contributed by atoms with E-state index in [4.69, 9.17) is 5.73 Å². The number of benzene rings is 1. The van der Waals surface area contributed by atoms with Gasteiger partial charge in [0.1, 0.15) is 0 Å². The van der Waals surface area contributed by atoms with Crippen LogP contribution in [0.25, 0.3) is 0 Å². The Labute approximate surface area is 87.5 Å². The molecule has 2 atom stereocenters. The van der Waals surface area contributed by atoms with Gasteiger partial charge in [-0.3, -0.25) is 0 Å². The van der Waals surface area contributed by atoms with Gasteiger partial charge in [0.25, 0.3) is 0 Å². The summed E-state index contributed by atoms with van der Waals surface area (Å²) in [5.41, 5.74) is 7.00. The van der Waals surface area contributed by atoms with E-state index in [1.807, 2.05) is 0 Å². The maximum absolute atomic E-state index is 5.54. The van der Waals surface area contributed by atoms with Gasteiger partial charge in [-0.2, -0.15) is 0 Å². The third kappa shape index (κ3) is 1.94. The van der Waals surface area contributed by atoms with Crippen LogP contribution in [0, 0.1) is 5.92 Å². The second-order valence-corrected chi connectivity index (χ2v) is 4.56. The zero-order valence-corrected chi connectivity index (χ0v) is 9.13. The van der Waals surface area contributed by atoms with Crippen LogP contribution in [0.2, 0.25) is 0 Å². The lowest BCUT2D eigenvalue weighted by atomic mass is 10.1. The molecule has 2 rings (SSSR count). The molecule has 1 aromatic rings. The second kappa shape index (κ2) is 3.81. The summed E-state index contributed by atoms with van der Waals surface area (Å²) >= 11 is 3.58. The first-order chi connectivity index (χ1) is 6.33. The van der Waals surface area contributed by atoms with Crippen LogP contribution in [-0.2, 0) is 0 Å². The molecule has 0 amide bonds. The van der Waals surface area contributed by atoms with Crippen LogP contribution in [0.4, 0.5) is 0 Å². The van der Waals surface area contributed by atoms with Crippen molar-refractivity contribution in [3.05, 3.63) is 34.3 Å². The lowest BCUT2D eigenvalue weighted by molar-refractivity contribution is 0.714. The number of hydrogen-bond donors (Lipinski definition) is 1. The predicted octanol–water partition coefficient (Wildman–Crippen LogP) is 2.90. The highest BCUT2D eigenvalue weighted by atomic mass is 79.9. The molecule has 1 nitrogen and oxygen atoms in total. The Morgan fingerprint density at radius 2 is 2.15 bits per heavy atom. The average Bonchev–Trinajstić information content (AvgIpc) is 2.86. The Balaban J connectivity index is 2.07. The normalized spacial score (nSPS) is 26.0. The van der Waals surface area contributed by atoms with Crippen LogP contribution in [-0.4, -0.2) is 6.54 Å². The van der Waals surface area contributed by atoms with E-state index < -0.39 is 0 Å². The molecular formula is C11H14BrN. The summed E-state index contributed by atoms with van der Waals surface area (Å²) in [5.74, 6) is 1.60. The SMILES string of the molecule is NCCC1CC1c1ccccc1Br. The summed E-state index contributed by atoms with van der Waals surface area (Å²) in [6.45, 7) is 0.825. The van der Waals surface area contributed by atoms with Crippen molar-refractivity contribution in [2.75, 3.05) is 6.54 Å². The number of rotatable bonds is 3. The lowest BCUT2D eigenvalue weighted by Gasteiger charge is -2.02. The molecule has 0 aliphatic heterocycles. The third-order valence-corrected chi connectivity index (χ3v) is 3.49. The van der Waals surface area contributed by atoms with Gasteiger partial charge in [-0.05, 0) is 42.9 Å². The molecule has 13 heavy (non-hydrogen) atoms. The molecule has 0 bridgehead atoms. The van der Waals surface area contributed by atoms with E-state index >= 15 is 0 Å². The van der Waals surface area contributed by atoms with Crippen LogP contribution >= 0.6 is 15.9 Å². The minimum atomic E-state index is 0.763. The maximum Gasteiger partial charge on any atom is 0.0210 e. The summed E-state index contributed by atoms with van der Waals surface area (Å²) in [5, 5.41) is 0. The smallest absolute Gasteiger partial charge is 0.0210 e. The van der Waals surface area contributed by atoms with Crippen molar-refractivity contribution in [2.24, 2.45) is 11.7 Å². The molecule has 1 saturated carbocycles. The average molecular weight is 240 g/mol. The van der Waals surface area contributed by atoms with Crippen molar-refractivity contribution in [3.8, 4) is 0 Å². The van der Waals surface area contributed by atoms with Crippen molar-refractivity contribution < 1.29 is 0 Å². The van der Waals surface area contributed by atoms with Gasteiger partial charge in [-0.25, -0.2) is 0 Å². The van der Waals surface area contributed by atoms with E-state index in [1.165, 1.54) is 22.9 Å². The molecule has 2 heteroatoms. The van der Waals surface area contributed by atoms with Crippen molar-refractivity contribution in [1.82, 2.24) is 0 Å². The standard InChI is InChI=1S/C11H14BrN/c12-11-4-2-1-3-9(11)10-7-8(10)5-6-13/h1-4,8,10H,5-7,13H2. The fraction of sp³-hybridized carbons (Fsp3) is 0.455. The highest BCUT2D eigenvalue weighted by Crippen LogP contribution is 2.51. The van der Waals surface area contributed by atoms with E-state index in [0.717, 1.165) is 18.4 Å². The monoisotopic (exact) mass is 239 g/mol. The summed E-state index contributed by atoms with van der Waals surface area (Å²) in [4.78, 5) is 0. The fourth-order valence-electron chi connectivity index (χ4n) is 1.94. The van der Waals surface area contributed by atoms with Crippen molar-refractivity contribution >= 4 is 15.9 Å². The quantitative estimate of drug-likeness (QED) is 0.863. The highest BCUT2D eigenvalue weighted by Gasteiger charge is 2.38. The molecule has 0 radical (unpaired) electrons. The zero-order valence-electron chi connectivity index (χ0n) is 7.54. The molecule has 2 unspecified atom stereocenters. The minimum Gasteiger partial charge on any atom is -0.330 e. The molecule has 70 valence electrons. The molecule has 0 saturated heterocycles. The van der Waals surface area contributed by atoms with Gasteiger partial charge in [0.15, 0.2) is 0 Å². The first-order valence-corrected chi connectivity index (χ1v) is 5.56. The van der Waals surface area contributed by atoms with Crippen molar-refractivity contribution in [1.29, 1.82) is 0 Å². The highest BCUT2D eigenvalue weighted by molar-refractivity contribution is 9.10. The van der Waals surface area contributed by atoms with E-state index in [1.54, 1.807) is 0 Å². The van der Waals surface area contributed by atoms with Gasteiger partial charge in [0.05, 0.1) is 0 Å². The van der Waals surface area contributed by atoms with E-state index in [0.29, 0.717) is 0 Å². The molecule has 1 aromatic carbocycles. The summed E-state index contributed by atoms with van der Waals surface area (Å²) in [6, 6.07) is 8.50. The van der Waals surface area contributed by atoms with Gasteiger partial charge >= 0.3 is 0 Å². The van der Waals surface area contributed by atoms with Gasteiger partial charge in [-0.1, -0.05) is 34.1 Å². The van der Waals surface area contributed by atoms with E-state index in [2.05, 4.69) is 40.2 Å². The number of halogens is 1. The molecule has 0 heterocycles. The second-order valence-electron chi connectivity index (χ2n) is 3.70. The molecular weight excluding hydrogens is 226 g/mol. The van der Waals surface area contributed by atoms with Crippen LogP contribution < -0.4 is 5.73 Å². The van der Waals surface area contributed by atoms with Gasteiger partial charge < -0.3 is 5.73 Å². The molecule has 0 aromatic heterocycles. The predicted molar refractivity (Wildman–Crippen MR) is 58.7 cm³/mol. The number of hydrogen-bond acceptors (Lipinski definition) is 1. The number of nitrogens with two attached hydrogens (primary N) is 1. The third-order valence-electron chi connectivity index (χ3n) is 2.76. The summed E-state index contributed by atoms with van der Waals surface area (Å²) < 4.78 is 1.25. The Morgan fingerprint density at radius 3 is 2.85 bits per heavy atom. The van der Waals surface area contributed by atoms with E-state index in [9.17, 15) is 0 Å². The largest absolute Gasteiger partial charge is 0.330 e. The molecule has 1 aliphatic rings. The zero-order chi connectivity index (χ0) is 9.26. The van der Waals surface area contributed by atoms with Gasteiger partial charge in [0, 0.05) is 4.47 Å². The summed E-state index contributed by atoms with van der Waals surface area (Å²) in [7, 11) is 0. The fourth-order valence-corrected chi connectivity index (χ4v) is 2.52. The Hall–Kier alpha value is -0.340. The topological polar surface area (TPSA) is 26.0 Å². The first-order valence-electron chi connectivity index (χ1n) is 4.77. The molecule has 2 N–H and O–H groups in total. The van der Waals surface area contributed by atoms with Crippen LogP contribution in [0.3, 0.4) is 0 Å². The molecule has 0 spiro atoms. The minimum absolute atomic E-state index is 0.763. The molecule has 1 aliphatic carbocycles. The van der Waals surface area contributed by atoms with Crippen LogP contribution in [0.15, 0.2) is 28.7 Å². The first kappa shape index (κ1) is 9.22.